The van der Waals surface area contributed by atoms with E-state index >= 15 is 0 Å². The fraction of sp³-hybridized carbons (Fsp3) is 0.692. The summed E-state index contributed by atoms with van der Waals surface area (Å²) < 4.78 is 14.7. The van der Waals surface area contributed by atoms with Gasteiger partial charge in [-0.2, -0.15) is 0 Å². The van der Waals surface area contributed by atoms with Gasteiger partial charge in [0.1, 0.15) is 0 Å². The smallest absolute Gasteiger partial charge is 0.387 e. The summed E-state index contributed by atoms with van der Waals surface area (Å²) >= 11 is 0. The molecule has 0 radical (unpaired) electrons. The normalized spacial score (nSPS) is 11.0. The van der Waals surface area contributed by atoms with Gasteiger partial charge in [0.2, 0.25) is 0 Å². The second-order valence-electron chi connectivity index (χ2n) is 4.72. The number of hydrogen-bond donors (Lipinski definition) is 0. The molecule has 120 valence electrons. The monoisotopic (exact) mass is 318 g/mol. The molecule has 0 aromatic heterocycles. The first-order chi connectivity index (χ1) is 9.02. The van der Waals surface area contributed by atoms with Crippen molar-refractivity contribution in [3.63, 3.8) is 0 Å². The van der Waals surface area contributed by atoms with Gasteiger partial charge in [-0.1, -0.05) is 0 Å². The topological polar surface area (TPSA) is 96.0 Å². The molecule has 7 nitrogen and oxygen atoms in total. The second kappa shape index (κ2) is 9.05. The van der Waals surface area contributed by atoms with Gasteiger partial charge in [0, 0.05) is 13.8 Å². The molecule has 0 N–H and O–H groups in total. The lowest BCUT2D eigenvalue weighted by molar-refractivity contribution is -0.244. The minimum Gasteiger partial charge on any atom is -0.387 e. The number of Topliss-reactive ketones (excluding diaryl/α,β-unsaturated/α-hetero) is 2. The summed E-state index contributed by atoms with van der Waals surface area (Å²) in [7, 11) is 0. The molecule has 0 aromatic rings. The van der Waals surface area contributed by atoms with Crippen molar-refractivity contribution in [2.75, 3.05) is 0 Å². The Bertz CT molecular complexity index is 405. The Labute approximate surface area is 134 Å². The molecule has 0 heterocycles. The van der Waals surface area contributed by atoms with E-state index in [9.17, 15) is 19.2 Å². The number of ether oxygens (including phenoxy) is 3. The van der Waals surface area contributed by atoms with E-state index in [2.05, 4.69) is 4.74 Å². The molecule has 0 saturated carbocycles. The van der Waals surface area contributed by atoms with Crippen molar-refractivity contribution in [1.82, 2.24) is 0 Å². The molecule has 0 aromatic carbocycles. The van der Waals surface area contributed by atoms with Gasteiger partial charge >= 0.3 is 23.5 Å². The van der Waals surface area contributed by atoms with E-state index in [0.717, 1.165) is 13.8 Å². The van der Waals surface area contributed by atoms with Gasteiger partial charge in [0.25, 0.3) is 0 Å². The minimum atomic E-state index is -2.39. The summed E-state index contributed by atoms with van der Waals surface area (Å²) in [5.41, 5.74) is 0. The molecule has 0 spiro atoms. The van der Waals surface area contributed by atoms with Gasteiger partial charge in [-0.15, -0.1) is 0 Å². The van der Waals surface area contributed by atoms with E-state index in [0.29, 0.717) is 0 Å². The number of carbonyl (C=O) groups is 4. The molecule has 0 aliphatic rings. The first kappa shape index (κ1) is 22.2. The van der Waals surface area contributed by atoms with Crippen LogP contribution in [0.15, 0.2) is 0 Å². The van der Waals surface area contributed by atoms with E-state index in [1.54, 1.807) is 27.7 Å². The van der Waals surface area contributed by atoms with Crippen LogP contribution < -0.4 is 0 Å². The van der Waals surface area contributed by atoms with Gasteiger partial charge in [0.05, 0.1) is 12.2 Å². The molecule has 8 heteroatoms. The Balaban J connectivity index is 0. The average molecular weight is 318 g/mol. The van der Waals surface area contributed by atoms with Crippen molar-refractivity contribution >= 4 is 40.9 Å². The molecule has 0 fully saturated rings. The van der Waals surface area contributed by atoms with Crippen LogP contribution >= 0.6 is 0 Å². The predicted molar refractivity (Wildman–Crippen MR) is 77.6 cm³/mol. The molecule has 0 rings (SSSR count). The molecular weight excluding hydrogens is 295 g/mol. The fourth-order valence-corrected chi connectivity index (χ4v) is 1.44. The van der Waals surface area contributed by atoms with Crippen molar-refractivity contribution < 1.29 is 33.4 Å². The summed E-state index contributed by atoms with van der Waals surface area (Å²) in [6.45, 7) is 8.32. The molecule has 0 aliphatic carbocycles. The van der Waals surface area contributed by atoms with Crippen LogP contribution in [0.2, 0.25) is 0 Å². The quantitative estimate of drug-likeness (QED) is 0.207. The summed E-state index contributed by atoms with van der Waals surface area (Å²) in [5, 5.41) is 0. The number of carbonyl (C=O) groups excluding carboxylic acids is 4. The van der Waals surface area contributed by atoms with Crippen LogP contribution in [0.25, 0.3) is 0 Å². The molecule has 0 aliphatic heterocycles. The van der Waals surface area contributed by atoms with Crippen LogP contribution in [-0.4, -0.2) is 58.9 Å². The first-order valence-corrected chi connectivity index (χ1v) is 6.16. The number of hydrogen-bond acceptors (Lipinski definition) is 7. The molecule has 0 saturated heterocycles. The highest BCUT2D eigenvalue weighted by Crippen LogP contribution is 2.22. The number of rotatable bonds is 7. The highest BCUT2D eigenvalue weighted by atomic mass is 27.0. The summed E-state index contributed by atoms with van der Waals surface area (Å²) in [5.74, 6) is -7.01. The maximum atomic E-state index is 12.1. The van der Waals surface area contributed by atoms with Crippen LogP contribution in [0.3, 0.4) is 0 Å². The third kappa shape index (κ3) is 6.48. The zero-order valence-electron chi connectivity index (χ0n) is 12.5. The molecule has 0 bridgehead atoms. The second-order valence-corrected chi connectivity index (χ2v) is 4.72. The largest absolute Gasteiger partial charge is 0.388 e. The third-order valence-corrected chi connectivity index (χ3v) is 1.99. The Hall–Kier alpha value is -1.07. The Morgan fingerprint density at radius 3 is 1.48 bits per heavy atom. The molecule has 0 atom stereocenters. The van der Waals surface area contributed by atoms with Crippen LogP contribution in [0.1, 0.15) is 41.5 Å². The lowest BCUT2D eigenvalue weighted by Crippen LogP contribution is -2.56. The van der Waals surface area contributed by atoms with Crippen LogP contribution in [-0.2, 0) is 33.4 Å². The molecule has 21 heavy (non-hydrogen) atoms. The lowest BCUT2D eigenvalue weighted by Gasteiger charge is -2.32. The van der Waals surface area contributed by atoms with E-state index < -0.39 is 41.5 Å². The SMILES string of the molecule is CC(=O)OC(=O)C(=O)C(OC(C)C)(OC(C)C)C(C)=O.[AlH3]. The maximum absolute atomic E-state index is 12.1. The van der Waals surface area contributed by atoms with Gasteiger partial charge < -0.3 is 14.2 Å². The van der Waals surface area contributed by atoms with E-state index in [4.69, 9.17) is 9.47 Å². The summed E-state index contributed by atoms with van der Waals surface area (Å²) in [6, 6.07) is 0. The van der Waals surface area contributed by atoms with E-state index in [-0.39, 0.29) is 17.4 Å². The van der Waals surface area contributed by atoms with Crippen molar-refractivity contribution in [1.29, 1.82) is 0 Å². The van der Waals surface area contributed by atoms with Crippen LogP contribution in [0, 0.1) is 0 Å². The zero-order chi connectivity index (χ0) is 16.1. The first-order valence-electron chi connectivity index (χ1n) is 6.16. The van der Waals surface area contributed by atoms with Crippen LogP contribution in [0.5, 0.6) is 0 Å². The summed E-state index contributed by atoms with van der Waals surface area (Å²) in [4.78, 5) is 46.2. The van der Waals surface area contributed by atoms with Gasteiger partial charge in [-0.25, -0.2) is 4.79 Å². The Morgan fingerprint density at radius 2 is 1.24 bits per heavy atom. The number of esters is 2. The third-order valence-electron chi connectivity index (χ3n) is 1.99. The Morgan fingerprint density at radius 1 is 0.857 bits per heavy atom. The Kier molecular flexibility index (Phi) is 9.58. The van der Waals surface area contributed by atoms with Crippen molar-refractivity contribution in [3.8, 4) is 0 Å². The van der Waals surface area contributed by atoms with Gasteiger partial charge in [-0.3, -0.25) is 14.4 Å². The highest BCUT2D eigenvalue weighted by molar-refractivity contribution is 6.42. The van der Waals surface area contributed by atoms with Crippen molar-refractivity contribution in [2.24, 2.45) is 0 Å². The predicted octanol–water partition coefficient (Wildman–Crippen LogP) is -0.403. The molecule has 0 unspecified atom stereocenters. The lowest BCUT2D eigenvalue weighted by atomic mass is 10.1. The van der Waals surface area contributed by atoms with Crippen molar-refractivity contribution in [3.05, 3.63) is 0 Å². The van der Waals surface area contributed by atoms with Gasteiger partial charge in [-0.05, 0) is 27.7 Å². The van der Waals surface area contributed by atoms with Crippen molar-refractivity contribution in [2.45, 2.75) is 59.5 Å². The molecular formula is C13H23AlO7. The number of ketones is 2. The maximum Gasteiger partial charge on any atom is 0.388 e. The summed E-state index contributed by atoms with van der Waals surface area (Å²) in [6.07, 6.45) is -1.13. The zero-order valence-corrected chi connectivity index (χ0v) is 12.5. The average Bonchev–Trinajstić information content (AvgIpc) is 2.24. The standard InChI is InChI=1S/C13H20O7.Al.3H/c1-7(2)19-13(9(5)14,20-8(3)4)11(16)12(17)18-10(6)15;;;;/h7-8H,1-6H3;;;;. The molecule has 0 amide bonds. The van der Waals surface area contributed by atoms with E-state index in [1.165, 1.54) is 0 Å². The van der Waals surface area contributed by atoms with Crippen LogP contribution in [0.4, 0.5) is 0 Å². The van der Waals surface area contributed by atoms with E-state index in [1.807, 2.05) is 0 Å². The minimum absolute atomic E-state index is 0. The fourth-order valence-electron chi connectivity index (χ4n) is 1.44. The highest BCUT2D eigenvalue weighted by Gasteiger charge is 2.52. The van der Waals surface area contributed by atoms with Gasteiger partial charge in [0.15, 0.2) is 23.1 Å².